The third-order valence-electron chi connectivity index (χ3n) is 4.47. The summed E-state index contributed by atoms with van der Waals surface area (Å²) >= 11 is 5.95. The number of halogens is 1. The summed E-state index contributed by atoms with van der Waals surface area (Å²) < 4.78 is 1.99. The highest BCUT2D eigenvalue weighted by Crippen LogP contribution is 2.31. The number of aromatic nitrogens is 2. The molecule has 6 nitrogen and oxygen atoms in total. The number of thiophene rings is 1. The van der Waals surface area contributed by atoms with E-state index in [1.807, 2.05) is 60.8 Å². The zero-order chi connectivity index (χ0) is 21.3. The van der Waals surface area contributed by atoms with Crippen LogP contribution in [-0.2, 0) is 4.79 Å². The summed E-state index contributed by atoms with van der Waals surface area (Å²) in [5, 5.41) is 5.55. The number of amides is 1. The standard InChI is InChI=1S/C21H17BrN4O2S2/c1-12-9-14(7-8-16(12)22)24-17(27)11-30-21-25-19-18(20(28)26(21)23)15(10-29-19)13-5-3-2-4-6-13/h2-10H,11,23H2,1H3,(H,24,27). The Labute approximate surface area is 189 Å². The lowest BCUT2D eigenvalue weighted by Crippen LogP contribution is -2.30. The SMILES string of the molecule is Cc1cc(NC(=O)CSc2nc3scc(-c4ccccc4)c3c(=O)n2N)ccc1Br. The molecule has 2 heterocycles. The zero-order valence-corrected chi connectivity index (χ0v) is 19.1. The first-order valence-corrected chi connectivity index (χ1v) is 11.6. The Balaban J connectivity index is 1.55. The second kappa shape index (κ2) is 8.63. The molecule has 0 radical (unpaired) electrons. The van der Waals surface area contributed by atoms with E-state index in [0.717, 1.165) is 37.6 Å². The molecule has 0 spiro atoms. The van der Waals surface area contributed by atoms with E-state index >= 15 is 0 Å². The quantitative estimate of drug-likeness (QED) is 0.236. The second-order valence-corrected chi connectivity index (χ2v) is 9.22. The van der Waals surface area contributed by atoms with Crippen LogP contribution in [0.25, 0.3) is 21.3 Å². The van der Waals surface area contributed by atoms with Gasteiger partial charge in [0.2, 0.25) is 5.91 Å². The van der Waals surface area contributed by atoms with Crippen molar-refractivity contribution in [2.75, 3.05) is 16.9 Å². The maximum Gasteiger partial charge on any atom is 0.282 e. The Hall–Kier alpha value is -2.62. The number of nitrogens with two attached hydrogens (primary N) is 1. The zero-order valence-electron chi connectivity index (χ0n) is 15.9. The van der Waals surface area contributed by atoms with E-state index in [1.165, 1.54) is 11.3 Å². The van der Waals surface area contributed by atoms with Crippen LogP contribution in [0.2, 0.25) is 0 Å². The molecule has 4 rings (SSSR count). The molecule has 152 valence electrons. The molecule has 9 heteroatoms. The number of carbonyl (C=O) groups is 1. The Kier molecular flexibility index (Phi) is 5.94. The summed E-state index contributed by atoms with van der Waals surface area (Å²) in [4.78, 5) is 30.4. The molecular formula is C21H17BrN4O2S2. The smallest absolute Gasteiger partial charge is 0.282 e. The van der Waals surface area contributed by atoms with Crippen LogP contribution in [0.3, 0.4) is 0 Å². The number of nitrogens with zero attached hydrogens (tertiary/aromatic N) is 2. The van der Waals surface area contributed by atoms with Gasteiger partial charge < -0.3 is 11.2 Å². The van der Waals surface area contributed by atoms with Crippen molar-refractivity contribution < 1.29 is 4.79 Å². The topological polar surface area (TPSA) is 90.0 Å². The minimum atomic E-state index is -0.327. The molecule has 0 aliphatic carbocycles. The molecule has 3 N–H and O–H groups in total. The number of nitrogens with one attached hydrogen (secondary N) is 1. The van der Waals surface area contributed by atoms with Gasteiger partial charge in [-0.3, -0.25) is 9.59 Å². The first-order chi connectivity index (χ1) is 14.4. The fourth-order valence-corrected chi connectivity index (χ4v) is 4.92. The highest BCUT2D eigenvalue weighted by molar-refractivity contribution is 9.10. The average molecular weight is 501 g/mol. The first-order valence-electron chi connectivity index (χ1n) is 8.97. The minimum absolute atomic E-state index is 0.0845. The fourth-order valence-electron chi connectivity index (χ4n) is 2.97. The van der Waals surface area contributed by atoms with E-state index < -0.39 is 0 Å². The van der Waals surface area contributed by atoms with Crippen LogP contribution in [-0.4, -0.2) is 21.3 Å². The van der Waals surface area contributed by atoms with Crippen LogP contribution in [0.1, 0.15) is 5.56 Å². The van der Waals surface area contributed by atoms with Crippen LogP contribution in [0.4, 0.5) is 5.69 Å². The van der Waals surface area contributed by atoms with Gasteiger partial charge in [0.1, 0.15) is 4.83 Å². The molecule has 0 aliphatic heterocycles. The Morgan fingerprint density at radius 2 is 2.03 bits per heavy atom. The highest BCUT2D eigenvalue weighted by Gasteiger charge is 2.17. The maximum absolute atomic E-state index is 12.9. The highest BCUT2D eigenvalue weighted by atomic mass is 79.9. The lowest BCUT2D eigenvalue weighted by Gasteiger charge is -2.09. The van der Waals surface area contributed by atoms with Crippen molar-refractivity contribution in [3.63, 3.8) is 0 Å². The van der Waals surface area contributed by atoms with E-state index in [9.17, 15) is 9.59 Å². The number of carbonyl (C=O) groups excluding carboxylic acids is 1. The molecule has 1 amide bonds. The van der Waals surface area contributed by atoms with Gasteiger partial charge in [0.05, 0.1) is 11.1 Å². The van der Waals surface area contributed by atoms with Gasteiger partial charge in [0, 0.05) is 21.1 Å². The van der Waals surface area contributed by atoms with Crippen LogP contribution < -0.4 is 16.7 Å². The van der Waals surface area contributed by atoms with Crippen molar-refractivity contribution in [2.24, 2.45) is 0 Å². The number of benzene rings is 2. The van der Waals surface area contributed by atoms with Crippen molar-refractivity contribution in [1.82, 2.24) is 9.66 Å². The molecule has 0 saturated heterocycles. The molecule has 2 aromatic heterocycles. The molecule has 0 atom stereocenters. The van der Waals surface area contributed by atoms with E-state index in [-0.39, 0.29) is 17.2 Å². The van der Waals surface area contributed by atoms with Crippen molar-refractivity contribution >= 4 is 60.8 Å². The van der Waals surface area contributed by atoms with Gasteiger partial charge in [-0.2, -0.15) is 0 Å². The Bertz CT molecular complexity index is 1300. The first kappa shape index (κ1) is 20.6. The van der Waals surface area contributed by atoms with Crippen molar-refractivity contribution in [3.05, 3.63) is 74.3 Å². The number of anilines is 1. The molecule has 0 bridgehead atoms. The molecule has 30 heavy (non-hydrogen) atoms. The number of aryl methyl sites for hydroxylation is 1. The number of rotatable bonds is 5. The summed E-state index contributed by atoms with van der Waals surface area (Å²) in [6, 6.07) is 15.2. The molecule has 0 aliphatic rings. The Morgan fingerprint density at radius 3 is 2.77 bits per heavy atom. The normalized spacial score (nSPS) is 11.0. The predicted octanol–water partition coefficient (Wildman–Crippen LogP) is 4.64. The maximum atomic E-state index is 12.9. The summed E-state index contributed by atoms with van der Waals surface area (Å²) in [5.41, 5.74) is 3.15. The monoisotopic (exact) mass is 500 g/mol. The molecular weight excluding hydrogens is 484 g/mol. The number of hydrogen-bond donors (Lipinski definition) is 2. The van der Waals surface area contributed by atoms with Crippen LogP contribution in [0.5, 0.6) is 0 Å². The van der Waals surface area contributed by atoms with Gasteiger partial charge in [-0.1, -0.05) is 58.0 Å². The Morgan fingerprint density at radius 1 is 1.27 bits per heavy atom. The van der Waals surface area contributed by atoms with E-state index in [2.05, 4.69) is 26.2 Å². The van der Waals surface area contributed by atoms with E-state index in [4.69, 9.17) is 5.84 Å². The summed E-state index contributed by atoms with van der Waals surface area (Å²) in [6.07, 6.45) is 0. The molecule has 0 saturated carbocycles. The average Bonchev–Trinajstić information content (AvgIpc) is 3.17. The summed E-state index contributed by atoms with van der Waals surface area (Å²) in [5.74, 6) is 5.90. The van der Waals surface area contributed by atoms with Gasteiger partial charge in [0.15, 0.2) is 5.16 Å². The van der Waals surface area contributed by atoms with Gasteiger partial charge >= 0.3 is 0 Å². The summed E-state index contributed by atoms with van der Waals surface area (Å²) in [6.45, 7) is 1.95. The number of fused-ring (bicyclic) bond motifs is 1. The lowest BCUT2D eigenvalue weighted by molar-refractivity contribution is -0.113. The fraction of sp³-hybridized carbons (Fsp3) is 0.0952. The summed E-state index contributed by atoms with van der Waals surface area (Å²) in [7, 11) is 0. The third-order valence-corrected chi connectivity index (χ3v) is 7.18. The van der Waals surface area contributed by atoms with Gasteiger partial charge in [0.25, 0.3) is 5.56 Å². The second-order valence-electron chi connectivity index (χ2n) is 6.57. The molecule has 2 aromatic carbocycles. The number of hydrogen-bond acceptors (Lipinski definition) is 6. The van der Waals surface area contributed by atoms with Crippen molar-refractivity contribution in [2.45, 2.75) is 12.1 Å². The lowest BCUT2D eigenvalue weighted by atomic mass is 10.1. The van der Waals surface area contributed by atoms with Crippen LogP contribution in [0, 0.1) is 6.92 Å². The van der Waals surface area contributed by atoms with Gasteiger partial charge in [-0.15, -0.1) is 11.3 Å². The van der Waals surface area contributed by atoms with E-state index in [1.54, 1.807) is 0 Å². The van der Waals surface area contributed by atoms with E-state index in [0.29, 0.717) is 21.1 Å². The molecule has 0 fully saturated rings. The van der Waals surface area contributed by atoms with Crippen LogP contribution in [0.15, 0.2) is 68.3 Å². The minimum Gasteiger partial charge on any atom is -0.334 e. The van der Waals surface area contributed by atoms with Gasteiger partial charge in [-0.05, 0) is 36.2 Å². The number of thioether (sulfide) groups is 1. The van der Waals surface area contributed by atoms with Crippen LogP contribution >= 0.6 is 39.0 Å². The van der Waals surface area contributed by atoms with Crippen molar-refractivity contribution in [3.8, 4) is 11.1 Å². The predicted molar refractivity (Wildman–Crippen MR) is 128 cm³/mol. The molecule has 0 unspecified atom stereocenters. The van der Waals surface area contributed by atoms with Crippen molar-refractivity contribution in [1.29, 1.82) is 0 Å². The number of nitrogen functional groups attached to an aromatic ring is 1. The molecule has 4 aromatic rings. The van der Waals surface area contributed by atoms with Gasteiger partial charge in [-0.25, -0.2) is 9.66 Å². The largest absolute Gasteiger partial charge is 0.334 e. The third kappa shape index (κ3) is 4.14.